The summed E-state index contributed by atoms with van der Waals surface area (Å²) in [4.78, 5) is 7.93. The molecule has 0 atom stereocenters. The van der Waals surface area contributed by atoms with Crippen LogP contribution in [-0.4, -0.2) is 20.2 Å². The van der Waals surface area contributed by atoms with Gasteiger partial charge >= 0.3 is 0 Å². The van der Waals surface area contributed by atoms with Gasteiger partial charge in [0.15, 0.2) is 0 Å². The van der Waals surface area contributed by atoms with Crippen LogP contribution in [0.4, 0.5) is 0 Å². The van der Waals surface area contributed by atoms with E-state index in [1.54, 1.807) is 12.1 Å². The molecule has 0 unspecified atom stereocenters. The molecule has 0 aliphatic carbocycles. The number of aromatic amines is 1. The highest BCUT2D eigenvalue weighted by molar-refractivity contribution is 6.30. The van der Waals surface area contributed by atoms with Crippen molar-refractivity contribution in [1.82, 2.24) is 20.2 Å². The normalized spacial score (nSPS) is 10.3. The molecular formula is C7H4Cl2N4. The van der Waals surface area contributed by atoms with E-state index < -0.39 is 0 Å². The van der Waals surface area contributed by atoms with Crippen molar-refractivity contribution < 1.29 is 0 Å². The van der Waals surface area contributed by atoms with Crippen LogP contribution in [0.2, 0.25) is 10.3 Å². The van der Waals surface area contributed by atoms with Crippen molar-refractivity contribution in [1.29, 1.82) is 0 Å². The van der Waals surface area contributed by atoms with Crippen LogP contribution in [0.1, 0.15) is 0 Å². The lowest BCUT2D eigenvalue weighted by Gasteiger charge is -1.92. The Balaban J connectivity index is 2.41. The lowest BCUT2D eigenvalue weighted by molar-refractivity contribution is 1.09. The molecule has 0 saturated heterocycles. The highest BCUT2D eigenvalue weighted by Crippen LogP contribution is 2.15. The zero-order valence-electron chi connectivity index (χ0n) is 6.33. The quantitative estimate of drug-likeness (QED) is 0.792. The molecule has 0 aliphatic rings. The number of nitrogens with one attached hydrogen (secondary N) is 1. The lowest BCUT2D eigenvalue weighted by atomic mass is 10.3. The molecule has 2 rings (SSSR count). The minimum Gasteiger partial charge on any atom is -0.251 e. The first-order valence-corrected chi connectivity index (χ1v) is 4.21. The molecule has 2 aromatic heterocycles. The second-order valence-electron chi connectivity index (χ2n) is 2.31. The van der Waals surface area contributed by atoms with Crippen LogP contribution >= 0.6 is 23.2 Å². The summed E-state index contributed by atoms with van der Waals surface area (Å²) in [6.45, 7) is 0. The van der Waals surface area contributed by atoms with E-state index in [-0.39, 0.29) is 5.28 Å². The number of H-pyrrole nitrogens is 1. The van der Waals surface area contributed by atoms with Gasteiger partial charge < -0.3 is 0 Å². The molecule has 0 spiro atoms. The molecule has 2 aromatic rings. The summed E-state index contributed by atoms with van der Waals surface area (Å²) in [7, 11) is 0. The molecule has 0 aromatic carbocycles. The largest absolute Gasteiger partial charge is 0.251 e. The molecule has 0 aliphatic heterocycles. The van der Waals surface area contributed by atoms with Crippen LogP contribution in [-0.2, 0) is 0 Å². The molecule has 4 nitrogen and oxygen atoms in total. The predicted molar refractivity (Wildman–Crippen MR) is 49.6 cm³/mol. The lowest BCUT2D eigenvalue weighted by Crippen LogP contribution is -1.84. The van der Waals surface area contributed by atoms with Crippen LogP contribution < -0.4 is 0 Å². The SMILES string of the molecule is Clc1ccc(-c2n[nH]c(Cl)n2)nc1. The average Bonchev–Trinajstić information content (AvgIpc) is 2.53. The first kappa shape index (κ1) is 8.47. The Morgan fingerprint density at radius 1 is 1.23 bits per heavy atom. The Morgan fingerprint density at radius 2 is 2.08 bits per heavy atom. The summed E-state index contributed by atoms with van der Waals surface area (Å²) in [5, 5.41) is 7.17. The van der Waals surface area contributed by atoms with Gasteiger partial charge in [-0.2, -0.15) is 10.1 Å². The maximum Gasteiger partial charge on any atom is 0.218 e. The summed E-state index contributed by atoms with van der Waals surface area (Å²) in [6, 6.07) is 3.44. The summed E-state index contributed by atoms with van der Waals surface area (Å²) in [5.41, 5.74) is 0.632. The number of hydrogen-bond acceptors (Lipinski definition) is 3. The second kappa shape index (κ2) is 3.32. The van der Waals surface area contributed by atoms with Gasteiger partial charge in [-0.25, -0.2) is 5.10 Å². The second-order valence-corrected chi connectivity index (χ2v) is 3.11. The van der Waals surface area contributed by atoms with Crippen LogP contribution in [0.5, 0.6) is 0 Å². The monoisotopic (exact) mass is 214 g/mol. The Labute approximate surface area is 83.9 Å². The Bertz CT molecular complexity index is 409. The molecule has 13 heavy (non-hydrogen) atoms. The van der Waals surface area contributed by atoms with Gasteiger partial charge in [0.2, 0.25) is 11.1 Å². The molecule has 0 saturated carbocycles. The number of aromatic nitrogens is 4. The fourth-order valence-corrected chi connectivity index (χ4v) is 1.10. The van der Waals surface area contributed by atoms with Crippen molar-refractivity contribution >= 4 is 23.2 Å². The number of rotatable bonds is 1. The zero-order valence-corrected chi connectivity index (χ0v) is 7.84. The zero-order chi connectivity index (χ0) is 9.26. The van der Waals surface area contributed by atoms with E-state index in [0.29, 0.717) is 16.5 Å². The molecule has 0 radical (unpaired) electrons. The number of nitrogens with zero attached hydrogens (tertiary/aromatic N) is 3. The van der Waals surface area contributed by atoms with Crippen molar-refractivity contribution in [3.63, 3.8) is 0 Å². The van der Waals surface area contributed by atoms with Gasteiger partial charge in [0.25, 0.3) is 0 Å². The van der Waals surface area contributed by atoms with E-state index in [0.717, 1.165) is 0 Å². The smallest absolute Gasteiger partial charge is 0.218 e. The van der Waals surface area contributed by atoms with E-state index in [1.807, 2.05) is 0 Å². The summed E-state index contributed by atoms with van der Waals surface area (Å²) >= 11 is 11.2. The molecule has 66 valence electrons. The van der Waals surface area contributed by atoms with Crippen LogP contribution in [0.3, 0.4) is 0 Å². The van der Waals surface area contributed by atoms with Gasteiger partial charge in [0, 0.05) is 6.20 Å². The maximum absolute atomic E-state index is 5.67. The first-order chi connectivity index (χ1) is 6.25. The van der Waals surface area contributed by atoms with E-state index in [2.05, 4.69) is 20.2 Å². The Hall–Kier alpha value is -1.13. The van der Waals surface area contributed by atoms with E-state index in [4.69, 9.17) is 23.2 Å². The minimum atomic E-state index is 0.242. The number of hydrogen-bond donors (Lipinski definition) is 1. The van der Waals surface area contributed by atoms with Gasteiger partial charge in [-0.15, -0.1) is 0 Å². The molecule has 0 bridgehead atoms. The van der Waals surface area contributed by atoms with Gasteiger partial charge in [-0.3, -0.25) is 4.98 Å². The van der Waals surface area contributed by atoms with Crippen molar-refractivity contribution in [3.05, 3.63) is 28.6 Å². The highest BCUT2D eigenvalue weighted by Gasteiger charge is 2.04. The van der Waals surface area contributed by atoms with E-state index >= 15 is 0 Å². The maximum atomic E-state index is 5.67. The van der Waals surface area contributed by atoms with Gasteiger partial charge in [-0.1, -0.05) is 11.6 Å². The fourth-order valence-electron chi connectivity index (χ4n) is 0.865. The van der Waals surface area contributed by atoms with Crippen molar-refractivity contribution in [2.24, 2.45) is 0 Å². The first-order valence-electron chi connectivity index (χ1n) is 3.45. The van der Waals surface area contributed by atoms with E-state index in [9.17, 15) is 0 Å². The van der Waals surface area contributed by atoms with Crippen LogP contribution in [0.25, 0.3) is 11.5 Å². The summed E-state index contributed by atoms with van der Waals surface area (Å²) in [6.07, 6.45) is 1.53. The van der Waals surface area contributed by atoms with Crippen molar-refractivity contribution in [2.75, 3.05) is 0 Å². The summed E-state index contributed by atoms with van der Waals surface area (Å²) < 4.78 is 0. The van der Waals surface area contributed by atoms with Gasteiger partial charge in [-0.05, 0) is 23.7 Å². The van der Waals surface area contributed by atoms with E-state index in [1.165, 1.54) is 6.20 Å². The van der Waals surface area contributed by atoms with Gasteiger partial charge in [0.1, 0.15) is 5.69 Å². The molecular weight excluding hydrogens is 211 g/mol. The fraction of sp³-hybridized carbons (Fsp3) is 0. The number of pyridine rings is 1. The predicted octanol–water partition coefficient (Wildman–Crippen LogP) is 2.17. The molecule has 0 amide bonds. The topological polar surface area (TPSA) is 54.5 Å². The third kappa shape index (κ3) is 1.79. The average molecular weight is 215 g/mol. The van der Waals surface area contributed by atoms with Crippen LogP contribution in [0, 0.1) is 0 Å². The molecule has 6 heteroatoms. The minimum absolute atomic E-state index is 0.242. The molecule has 0 fully saturated rings. The van der Waals surface area contributed by atoms with Crippen molar-refractivity contribution in [2.45, 2.75) is 0 Å². The highest BCUT2D eigenvalue weighted by atomic mass is 35.5. The third-order valence-electron chi connectivity index (χ3n) is 1.41. The third-order valence-corrected chi connectivity index (χ3v) is 1.81. The summed E-state index contributed by atoms with van der Waals surface area (Å²) in [5.74, 6) is 0.460. The van der Waals surface area contributed by atoms with Gasteiger partial charge in [0.05, 0.1) is 5.02 Å². The molecule has 1 N–H and O–H groups in total. The Morgan fingerprint density at radius 3 is 2.62 bits per heavy atom. The Kier molecular flexibility index (Phi) is 2.16. The van der Waals surface area contributed by atoms with Crippen molar-refractivity contribution in [3.8, 4) is 11.5 Å². The molecule has 2 heterocycles. The van der Waals surface area contributed by atoms with Crippen LogP contribution in [0.15, 0.2) is 18.3 Å². The standard InChI is InChI=1S/C7H4Cl2N4/c8-4-1-2-5(10-3-4)6-11-7(9)13-12-6/h1-3H,(H,11,12,13). The number of halogens is 2.